The Balaban J connectivity index is 1.64. The highest BCUT2D eigenvalue weighted by molar-refractivity contribution is 5.95. The molecule has 0 aliphatic carbocycles. The Bertz CT molecular complexity index is 1190. The molecular weight excluding hydrogens is 463 g/mol. The summed E-state index contributed by atoms with van der Waals surface area (Å²) in [5.74, 6) is -0.0752. The molecule has 7 nitrogen and oxygen atoms in total. The molecule has 1 heterocycles. The summed E-state index contributed by atoms with van der Waals surface area (Å²) in [6, 6.07) is 18.6. The standard InChI is InChI=1S/C28H29FN2O5/c1-34-24-13-20(14-25(35-2)26(24)36-3)22-16-31(28(33)19-7-5-4-6-8-19)17-23(22)27(32)30-15-18-9-11-21(29)12-10-18/h4-14,22-23H,15-17H2,1-3H3,(H,30,32)/t22-,23+/m0/s1. The first-order valence-corrected chi connectivity index (χ1v) is 11.6. The van der Waals surface area contributed by atoms with Crippen LogP contribution in [-0.4, -0.2) is 51.1 Å². The molecule has 4 rings (SSSR count). The Morgan fingerprint density at radius 2 is 1.56 bits per heavy atom. The van der Waals surface area contributed by atoms with E-state index in [4.69, 9.17) is 14.2 Å². The lowest BCUT2D eigenvalue weighted by Gasteiger charge is -2.21. The van der Waals surface area contributed by atoms with Crippen LogP contribution in [0.15, 0.2) is 66.7 Å². The van der Waals surface area contributed by atoms with Crippen molar-refractivity contribution < 1.29 is 28.2 Å². The minimum Gasteiger partial charge on any atom is -0.493 e. The number of nitrogens with one attached hydrogen (secondary N) is 1. The third-order valence-electron chi connectivity index (χ3n) is 6.46. The molecule has 2 amide bonds. The fourth-order valence-corrected chi connectivity index (χ4v) is 4.57. The average molecular weight is 493 g/mol. The minimum atomic E-state index is -0.513. The lowest BCUT2D eigenvalue weighted by Crippen LogP contribution is -2.35. The molecule has 1 N–H and O–H groups in total. The molecule has 3 aromatic carbocycles. The fourth-order valence-electron chi connectivity index (χ4n) is 4.57. The number of amides is 2. The molecule has 0 spiro atoms. The van der Waals surface area contributed by atoms with Crippen molar-refractivity contribution in [2.75, 3.05) is 34.4 Å². The highest BCUT2D eigenvalue weighted by atomic mass is 19.1. The lowest BCUT2D eigenvalue weighted by molar-refractivity contribution is -0.125. The summed E-state index contributed by atoms with van der Waals surface area (Å²) >= 11 is 0. The predicted octanol–water partition coefficient (Wildman–Crippen LogP) is 4.02. The normalized spacial score (nSPS) is 16.9. The van der Waals surface area contributed by atoms with Gasteiger partial charge in [-0.3, -0.25) is 9.59 Å². The van der Waals surface area contributed by atoms with E-state index in [-0.39, 0.29) is 36.6 Å². The quantitative estimate of drug-likeness (QED) is 0.514. The maximum Gasteiger partial charge on any atom is 0.253 e. The maximum absolute atomic E-state index is 13.4. The second-order valence-electron chi connectivity index (χ2n) is 8.59. The third-order valence-corrected chi connectivity index (χ3v) is 6.46. The van der Waals surface area contributed by atoms with Crippen LogP contribution < -0.4 is 19.5 Å². The molecule has 1 aliphatic heterocycles. The molecule has 0 saturated carbocycles. The Morgan fingerprint density at radius 3 is 2.14 bits per heavy atom. The van der Waals surface area contributed by atoms with E-state index < -0.39 is 5.92 Å². The lowest BCUT2D eigenvalue weighted by atomic mass is 9.87. The number of nitrogens with zero attached hydrogens (tertiary/aromatic N) is 1. The molecule has 0 unspecified atom stereocenters. The molecule has 2 atom stereocenters. The van der Waals surface area contributed by atoms with Crippen LogP contribution >= 0.6 is 0 Å². The van der Waals surface area contributed by atoms with Crippen LogP contribution in [0.25, 0.3) is 0 Å². The van der Waals surface area contributed by atoms with Gasteiger partial charge in [0.15, 0.2) is 11.5 Å². The molecule has 8 heteroatoms. The highest BCUT2D eigenvalue weighted by Gasteiger charge is 2.41. The van der Waals surface area contributed by atoms with Gasteiger partial charge in [0.2, 0.25) is 11.7 Å². The Labute approximate surface area is 209 Å². The fraction of sp³-hybridized carbons (Fsp3) is 0.286. The van der Waals surface area contributed by atoms with E-state index in [0.717, 1.165) is 11.1 Å². The Hall–Kier alpha value is -4.07. The van der Waals surface area contributed by atoms with Crippen molar-refractivity contribution in [1.29, 1.82) is 0 Å². The average Bonchev–Trinajstić information content (AvgIpc) is 3.37. The van der Waals surface area contributed by atoms with E-state index in [2.05, 4.69) is 5.32 Å². The van der Waals surface area contributed by atoms with Crippen LogP contribution in [0.2, 0.25) is 0 Å². The van der Waals surface area contributed by atoms with Crippen molar-refractivity contribution >= 4 is 11.8 Å². The zero-order valence-corrected chi connectivity index (χ0v) is 20.5. The number of ether oxygens (including phenoxy) is 3. The molecule has 0 aromatic heterocycles. The van der Waals surface area contributed by atoms with E-state index in [9.17, 15) is 14.0 Å². The van der Waals surface area contributed by atoms with Gasteiger partial charge < -0.3 is 24.4 Å². The van der Waals surface area contributed by atoms with Crippen LogP contribution in [0.3, 0.4) is 0 Å². The summed E-state index contributed by atoms with van der Waals surface area (Å²) in [4.78, 5) is 28.3. The minimum absolute atomic E-state index is 0.137. The number of halogens is 1. The number of carbonyl (C=O) groups excluding carboxylic acids is 2. The topological polar surface area (TPSA) is 77.1 Å². The monoisotopic (exact) mass is 492 g/mol. The molecule has 0 radical (unpaired) electrons. The second kappa shape index (κ2) is 11.1. The number of likely N-dealkylation sites (tertiary alicyclic amines) is 1. The first kappa shape index (κ1) is 25.0. The summed E-state index contributed by atoms with van der Waals surface area (Å²) in [5.41, 5.74) is 2.15. The van der Waals surface area contributed by atoms with Crippen LogP contribution in [-0.2, 0) is 11.3 Å². The SMILES string of the molecule is COc1cc([C@@H]2CN(C(=O)c3ccccc3)C[C@H]2C(=O)NCc2ccc(F)cc2)cc(OC)c1OC. The molecule has 3 aromatic rings. The summed E-state index contributed by atoms with van der Waals surface area (Å²) < 4.78 is 29.7. The van der Waals surface area contributed by atoms with Gasteiger partial charge in [0.25, 0.3) is 5.91 Å². The van der Waals surface area contributed by atoms with E-state index in [1.807, 2.05) is 30.3 Å². The number of carbonyl (C=O) groups is 2. The van der Waals surface area contributed by atoms with Gasteiger partial charge in [-0.1, -0.05) is 30.3 Å². The number of benzene rings is 3. The van der Waals surface area contributed by atoms with Gasteiger partial charge in [-0.2, -0.15) is 0 Å². The summed E-state index contributed by atoms with van der Waals surface area (Å²) in [5, 5.41) is 2.95. The van der Waals surface area contributed by atoms with Gasteiger partial charge in [-0.05, 0) is 47.5 Å². The van der Waals surface area contributed by atoms with Crippen LogP contribution in [0, 0.1) is 11.7 Å². The number of rotatable bonds is 8. The summed E-state index contributed by atoms with van der Waals surface area (Å²) in [6.07, 6.45) is 0. The molecule has 1 aliphatic rings. The van der Waals surface area contributed by atoms with Crippen LogP contribution in [0.1, 0.15) is 27.4 Å². The van der Waals surface area contributed by atoms with Gasteiger partial charge in [0.1, 0.15) is 5.82 Å². The smallest absolute Gasteiger partial charge is 0.253 e. The Kier molecular flexibility index (Phi) is 7.73. The second-order valence-corrected chi connectivity index (χ2v) is 8.59. The van der Waals surface area contributed by atoms with E-state index >= 15 is 0 Å². The van der Waals surface area contributed by atoms with E-state index in [1.165, 1.54) is 33.5 Å². The van der Waals surface area contributed by atoms with E-state index in [1.54, 1.807) is 29.2 Å². The number of hydrogen-bond acceptors (Lipinski definition) is 5. The molecular formula is C28H29FN2O5. The van der Waals surface area contributed by atoms with E-state index in [0.29, 0.717) is 29.4 Å². The molecule has 0 bridgehead atoms. The van der Waals surface area contributed by atoms with Crippen molar-refractivity contribution in [3.8, 4) is 17.2 Å². The zero-order chi connectivity index (χ0) is 25.7. The van der Waals surface area contributed by atoms with Crippen molar-refractivity contribution in [3.63, 3.8) is 0 Å². The number of hydrogen-bond donors (Lipinski definition) is 1. The van der Waals surface area contributed by atoms with Gasteiger partial charge in [-0.25, -0.2) is 4.39 Å². The Morgan fingerprint density at radius 1 is 0.917 bits per heavy atom. The summed E-state index contributed by atoms with van der Waals surface area (Å²) in [7, 11) is 4.60. The summed E-state index contributed by atoms with van der Waals surface area (Å²) in [6.45, 7) is 0.857. The first-order chi connectivity index (χ1) is 17.4. The molecule has 36 heavy (non-hydrogen) atoms. The largest absolute Gasteiger partial charge is 0.493 e. The van der Waals surface area contributed by atoms with Crippen molar-refractivity contribution in [1.82, 2.24) is 10.2 Å². The first-order valence-electron chi connectivity index (χ1n) is 11.6. The van der Waals surface area contributed by atoms with Gasteiger partial charge in [0, 0.05) is 31.1 Å². The molecule has 188 valence electrons. The third kappa shape index (κ3) is 5.27. The van der Waals surface area contributed by atoms with Crippen molar-refractivity contribution in [3.05, 3.63) is 89.2 Å². The van der Waals surface area contributed by atoms with Gasteiger partial charge in [-0.15, -0.1) is 0 Å². The van der Waals surface area contributed by atoms with Crippen molar-refractivity contribution in [2.45, 2.75) is 12.5 Å². The number of methoxy groups -OCH3 is 3. The highest BCUT2D eigenvalue weighted by Crippen LogP contribution is 2.43. The van der Waals surface area contributed by atoms with Crippen LogP contribution in [0.5, 0.6) is 17.2 Å². The molecule has 1 fully saturated rings. The van der Waals surface area contributed by atoms with Crippen molar-refractivity contribution in [2.24, 2.45) is 5.92 Å². The van der Waals surface area contributed by atoms with Crippen LogP contribution in [0.4, 0.5) is 4.39 Å². The maximum atomic E-state index is 13.4. The van der Waals surface area contributed by atoms with Gasteiger partial charge >= 0.3 is 0 Å². The predicted molar refractivity (Wildman–Crippen MR) is 133 cm³/mol. The van der Waals surface area contributed by atoms with Gasteiger partial charge in [0.05, 0.1) is 27.2 Å². The molecule has 1 saturated heterocycles. The zero-order valence-electron chi connectivity index (χ0n) is 20.5.